The zero-order chi connectivity index (χ0) is 20.7. The summed E-state index contributed by atoms with van der Waals surface area (Å²) in [5.74, 6) is -0.266. The van der Waals surface area contributed by atoms with Crippen molar-refractivity contribution in [3.05, 3.63) is 64.7 Å². The number of nitrogens with zero attached hydrogens (tertiary/aromatic N) is 1. The van der Waals surface area contributed by atoms with Crippen molar-refractivity contribution < 1.29 is 13.2 Å². The molecule has 8 heteroatoms. The van der Waals surface area contributed by atoms with Gasteiger partial charge >= 0.3 is 0 Å². The molecule has 0 aromatic heterocycles. The molecule has 0 spiro atoms. The second kappa shape index (κ2) is 10.0. The number of amides is 1. The number of halogens is 1. The summed E-state index contributed by atoms with van der Waals surface area (Å²) in [5.41, 5.74) is 1.36. The van der Waals surface area contributed by atoms with Crippen LogP contribution in [0.15, 0.2) is 53.4 Å². The molecule has 0 aliphatic rings. The Labute approximate surface area is 171 Å². The third kappa shape index (κ3) is 5.32. The number of sulfonamides is 1. The smallest absolute Gasteiger partial charge is 0.251 e. The molecular weight excluding hydrogens is 398 g/mol. The van der Waals surface area contributed by atoms with Crippen LogP contribution in [-0.4, -0.2) is 45.9 Å². The lowest BCUT2D eigenvalue weighted by atomic mass is 10.0. The van der Waals surface area contributed by atoms with Crippen molar-refractivity contribution in [2.45, 2.75) is 24.8 Å². The molecule has 2 rings (SSSR count). The summed E-state index contributed by atoms with van der Waals surface area (Å²) in [4.78, 5) is 14.9. The molecule has 6 nitrogen and oxygen atoms in total. The van der Waals surface area contributed by atoms with Gasteiger partial charge in [-0.25, -0.2) is 13.1 Å². The van der Waals surface area contributed by atoms with Gasteiger partial charge in [-0.15, -0.1) is 0 Å². The van der Waals surface area contributed by atoms with Gasteiger partial charge in [-0.05, 0) is 56.0 Å². The molecule has 1 atom stereocenters. The number of nitrogens with one attached hydrogen (secondary N) is 2. The molecule has 0 saturated heterocycles. The first-order valence-corrected chi connectivity index (χ1v) is 11.0. The summed E-state index contributed by atoms with van der Waals surface area (Å²) in [5, 5.41) is 3.60. The van der Waals surface area contributed by atoms with Gasteiger partial charge in [-0.2, -0.15) is 0 Å². The second-order valence-electron chi connectivity index (χ2n) is 6.20. The zero-order valence-electron chi connectivity index (χ0n) is 16.3. The predicted molar refractivity (Wildman–Crippen MR) is 112 cm³/mol. The van der Waals surface area contributed by atoms with E-state index in [2.05, 4.69) is 28.8 Å². The van der Waals surface area contributed by atoms with Crippen LogP contribution in [0, 0.1) is 0 Å². The Kier molecular flexibility index (Phi) is 8.00. The molecule has 0 heterocycles. The number of benzene rings is 2. The van der Waals surface area contributed by atoms with E-state index < -0.39 is 10.0 Å². The van der Waals surface area contributed by atoms with Crippen molar-refractivity contribution in [1.29, 1.82) is 0 Å². The van der Waals surface area contributed by atoms with Gasteiger partial charge in [0.05, 0.1) is 10.9 Å². The van der Waals surface area contributed by atoms with E-state index in [1.165, 1.54) is 31.3 Å². The molecule has 0 radical (unpaired) electrons. The Hall–Kier alpha value is -1.93. The normalized spacial score (nSPS) is 12.8. The third-order valence-corrected chi connectivity index (χ3v) is 6.44. The van der Waals surface area contributed by atoms with Crippen molar-refractivity contribution in [3.8, 4) is 0 Å². The molecule has 1 unspecified atom stereocenters. The quantitative estimate of drug-likeness (QED) is 0.649. The topological polar surface area (TPSA) is 78.5 Å². The van der Waals surface area contributed by atoms with Crippen LogP contribution in [0.1, 0.15) is 35.8 Å². The van der Waals surface area contributed by atoms with E-state index in [0.717, 1.165) is 18.7 Å². The van der Waals surface area contributed by atoms with E-state index in [1.807, 2.05) is 24.3 Å². The number of hydrogen-bond donors (Lipinski definition) is 2. The van der Waals surface area contributed by atoms with Crippen LogP contribution in [0.3, 0.4) is 0 Å². The van der Waals surface area contributed by atoms with Crippen LogP contribution in [0.2, 0.25) is 5.02 Å². The largest absolute Gasteiger partial charge is 0.350 e. The minimum atomic E-state index is -3.53. The van der Waals surface area contributed by atoms with Gasteiger partial charge < -0.3 is 5.32 Å². The molecule has 2 N–H and O–H groups in total. The zero-order valence-corrected chi connectivity index (χ0v) is 17.8. The van der Waals surface area contributed by atoms with Gasteiger partial charge in [-0.3, -0.25) is 9.69 Å². The van der Waals surface area contributed by atoms with E-state index in [9.17, 15) is 13.2 Å². The highest BCUT2D eigenvalue weighted by molar-refractivity contribution is 7.89. The Morgan fingerprint density at radius 3 is 2.21 bits per heavy atom. The molecule has 1 amide bonds. The van der Waals surface area contributed by atoms with Crippen molar-refractivity contribution >= 4 is 27.5 Å². The summed E-state index contributed by atoms with van der Waals surface area (Å²) in [6.45, 7) is 6.16. The molecule has 0 aliphatic heterocycles. The summed E-state index contributed by atoms with van der Waals surface area (Å²) in [6, 6.07) is 13.4. The van der Waals surface area contributed by atoms with Crippen LogP contribution < -0.4 is 10.0 Å². The van der Waals surface area contributed by atoms with Crippen molar-refractivity contribution in [2.24, 2.45) is 0 Å². The number of likely N-dealkylation sites (N-methyl/N-ethyl adjacent to an activating group) is 1. The monoisotopic (exact) mass is 423 g/mol. The summed E-state index contributed by atoms with van der Waals surface area (Å²) >= 11 is 6.38. The van der Waals surface area contributed by atoms with Crippen molar-refractivity contribution in [2.75, 3.05) is 26.7 Å². The average Bonchev–Trinajstić information content (AvgIpc) is 2.71. The summed E-state index contributed by atoms with van der Waals surface area (Å²) in [7, 11) is -2.18. The van der Waals surface area contributed by atoms with Crippen LogP contribution in [0.5, 0.6) is 0 Å². The lowest BCUT2D eigenvalue weighted by Crippen LogP contribution is -2.38. The van der Waals surface area contributed by atoms with E-state index in [0.29, 0.717) is 17.1 Å². The first-order chi connectivity index (χ1) is 13.3. The maximum absolute atomic E-state index is 12.6. The third-order valence-electron chi connectivity index (χ3n) is 4.67. The van der Waals surface area contributed by atoms with Gasteiger partial charge in [0.2, 0.25) is 10.0 Å². The Bertz CT molecular complexity index is 897. The fourth-order valence-electron chi connectivity index (χ4n) is 3.04. The van der Waals surface area contributed by atoms with E-state index in [1.54, 1.807) is 0 Å². The molecule has 152 valence electrons. The van der Waals surface area contributed by atoms with Gasteiger partial charge in [0.25, 0.3) is 5.91 Å². The van der Waals surface area contributed by atoms with E-state index >= 15 is 0 Å². The summed E-state index contributed by atoms with van der Waals surface area (Å²) < 4.78 is 25.8. The highest BCUT2D eigenvalue weighted by Gasteiger charge is 2.21. The maximum atomic E-state index is 12.6. The van der Waals surface area contributed by atoms with Crippen LogP contribution in [0.4, 0.5) is 0 Å². The average molecular weight is 424 g/mol. The van der Waals surface area contributed by atoms with Gasteiger partial charge in [-0.1, -0.05) is 43.6 Å². The predicted octanol–water partition coefficient (Wildman–Crippen LogP) is 3.06. The molecule has 0 saturated carbocycles. The Balaban J connectivity index is 2.16. The number of rotatable bonds is 9. The highest BCUT2D eigenvalue weighted by atomic mass is 35.5. The van der Waals surface area contributed by atoms with Crippen LogP contribution in [0.25, 0.3) is 0 Å². The van der Waals surface area contributed by atoms with E-state index in [4.69, 9.17) is 11.6 Å². The van der Waals surface area contributed by atoms with Crippen LogP contribution in [-0.2, 0) is 10.0 Å². The maximum Gasteiger partial charge on any atom is 0.251 e. The standard InChI is InChI=1S/C20H26ClN3O3S/c1-4-24(5-2)19(17-8-6-7-9-18(17)21)14-23-20(25)15-10-12-16(13-11-15)28(26,27)22-3/h6-13,19,22H,4-5,14H2,1-3H3,(H,23,25). The molecular formula is C20H26ClN3O3S. The Morgan fingerprint density at radius 1 is 1.07 bits per heavy atom. The first kappa shape index (κ1) is 22.4. The minimum Gasteiger partial charge on any atom is -0.350 e. The molecule has 28 heavy (non-hydrogen) atoms. The molecule has 2 aromatic carbocycles. The molecule has 0 bridgehead atoms. The fraction of sp³-hybridized carbons (Fsp3) is 0.350. The number of carbonyl (C=O) groups is 1. The molecule has 2 aromatic rings. The minimum absolute atomic E-state index is 0.0587. The number of carbonyl (C=O) groups excluding carboxylic acids is 1. The lowest BCUT2D eigenvalue weighted by Gasteiger charge is -2.31. The SMILES string of the molecule is CCN(CC)C(CNC(=O)c1ccc(S(=O)(=O)NC)cc1)c1ccccc1Cl. The second-order valence-corrected chi connectivity index (χ2v) is 8.49. The highest BCUT2D eigenvalue weighted by Crippen LogP contribution is 2.27. The van der Waals surface area contributed by atoms with Crippen LogP contribution >= 0.6 is 11.6 Å². The van der Waals surface area contributed by atoms with Crippen molar-refractivity contribution in [1.82, 2.24) is 14.9 Å². The Morgan fingerprint density at radius 2 is 1.68 bits per heavy atom. The first-order valence-electron chi connectivity index (χ1n) is 9.14. The van der Waals surface area contributed by atoms with Gasteiger partial charge in [0.1, 0.15) is 0 Å². The lowest BCUT2D eigenvalue weighted by molar-refractivity contribution is 0.0935. The molecule has 0 fully saturated rings. The van der Waals surface area contributed by atoms with Gasteiger partial charge in [0, 0.05) is 17.1 Å². The molecule has 0 aliphatic carbocycles. The van der Waals surface area contributed by atoms with Gasteiger partial charge in [0.15, 0.2) is 0 Å². The number of hydrogen-bond acceptors (Lipinski definition) is 4. The summed E-state index contributed by atoms with van der Waals surface area (Å²) in [6.07, 6.45) is 0. The van der Waals surface area contributed by atoms with Crippen molar-refractivity contribution in [3.63, 3.8) is 0 Å². The van der Waals surface area contributed by atoms with E-state index in [-0.39, 0.29) is 16.8 Å². The fourth-order valence-corrected chi connectivity index (χ4v) is 4.03.